The molecule has 76 valence electrons. The molecule has 0 atom stereocenters. The van der Waals surface area contributed by atoms with E-state index in [1.54, 1.807) is 11.3 Å². The Balaban J connectivity index is 2.10. The second-order valence-corrected chi connectivity index (χ2v) is 5.00. The first-order chi connectivity index (χ1) is 6.66. The van der Waals surface area contributed by atoms with Crippen LogP contribution < -0.4 is 0 Å². The van der Waals surface area contributed by atoms with Crippen molar-refractivity contribution in [1.82, 2.24) is 9.88 Å². The highest BCUT2D eigenvalue weighted by atomic mass is 32.1. The van der Waals surface area contributed by atoms with Crippen molar-refractivity contribution in [2.24, 2.45) is 0 Å². The first-order valence-electron chi connectivity index (χ1n) is 4.92. The Hall–Kier alpha value is -0.900. The Morgan fingerprint density at radius 3 is 2.79 bits per heavy atom. The van der Waals surface area contributed by atoms with E-state index in [0.717, 1.165) is 42.5 Å². The van der Waals surface area contributed by atoms with Gasteiger partial charge < -0.3 is 4.90 Å². The van der Waals surface area contributed by atoms with Crippen molar-refractivity contribution >= 4 is 17.2 Å². The van der Waals surface area contributed by atoms with Crippen molar-refractivity contribution in [2.45, 2.75) is 33.2 Å². The molecule has 1 aromatic rings. The molecule has 3 nitrogen and oxygen atoms in total. The molecule has 2 rings (SSSR count). The molecule has 0 bridgehead atoms. The van der Waals surface area contributed by atoms with Crippen LogP contribution in [0.2, 0.25) is 0 Å². The maximum atomic E-state index is 7.74. The quantitative estimate of drug-likeness (QED) is 0.812. The van der Waals surface area contributed by atoms with Crippen molar-refractivity contribution in [1.29, 1.82) is 5.41 Å². The Bertz CT molecular complexity index is 356. The second kappa shape index (κ2) is 3.69. The largest absolute Gasteiger partial charge is 0.355 e. The molecule has 1 N–H and O–H groups in total. The summed E-state index contributed by atoms with van der Waals surface area (Å²) >= 11 is 1.75. The van der Waals surface area contributed by atoms with Gasteiger partial charge in [-0.25, -0.2) is 4.98 Å². The van der Waals surface area contributed by atoms with Gasteiger partial charge in [0.05, 0.1) is 23.1 Å². The average Bonchev–Trinajstić information content (AvgIpc) is 2.62. The predicted octanol–water partition coefficient (Wildman–Crippen LogP) is 2.33. The summed E-state index contributed by atoms with van der Waals surface area (Å²) in [4.78, 5) is 7.87. The monoisotopic (exact) mass is 209 g/mol. The lowest BCUT2D eigenvalue weighted by Gasteiger charge is -2.16. The number of aromatic nitrogens is 1. The van der Waals surface area contributed by atoms with Crippen LogP contribution in [0.25, 0.3) is 0 Å². The molecule has 1 saturated heterocycles. The molecule has 0 amide bonds. The molecule has 2 heterocycles. The minimum Gasteiger partial charge on any atom is -0.355 e. The minimum atomic E-state index is 0.787. The summed E-state index contributed by atoms with van der Waals surface area (Å²) in [5.41, 5.74) is 1.13. The van der Waals surface area contributed by atoms with E-state index in [2.05, 4.69) is 16.8 Å². The summed E-state index contributed by atoms with van der Waals surface area (Å²) in [7, 11) is 0. The SMILES string of the molecule is Cc1nc(C)c(CN2CCCC2=N)s1. The zero-order valence-corrected chi connectivity index (χ0v) is 9.45. The van der Waals surface area contributed by atoms with E-state index in [1.807, 2.05) is 6.92 Å². The van der Waals surface area contributed by atoms with Gasteiger partial charge >= 0.3 is 0 Å². The Labute approximate surface area is 88.3 Å². The average molecular weight is 209 g/mol. The third-order valence-corrected chi connectivity index (χ3v) is 3.62. The summed E-state index contributed by atoms with van der Waals surface area (Å²) in [6.07, 6.45) is 2.08. The Morgan fingerprint density at radius 2 is 2.29 bits per heavy atom. The first kappa shape index (κ1) is 9.65. The molecule has 0 spiro atoms. The van der Waals surface area contributed by atoms with Crippen LogP contribution in [-0.4, -0.2) is 22.3 Å². The topological polar surface area (TPSA) is 40.0 Å². The number of thiazole rings is 1. The molecule has 0 aliphatic carbocycles. The number of nitrogens with zero attached hydrogens (tertiary/aromatic N) is 2. The lowest BCUT2D eigenvalue weighted by atomic mass is 10.3. The van der Waals surface area contributed by atoms with Gasteiger partial charge in [0.1, 0.15) is 0 Å². The summed E-state index contributed by atoms with van der Waals surface area (Å²) in [5, 5.41) is 8.87. The van der Waals surface area contributed by atoms with Gasteiger partial charge in [-0.1, -0.05) is 0 Å². The van der Waals surface area contributed by atoms with Crippen LogP contribution in [0.4, 0.5) is 0 Å². The van der Waals surface area contributed by atoms with E-state index in [4.69, 9.17) is 5.41 Å². The molecule has 0 radical (unpaired) electrons. The lowest BCUT2D eigenvalue weighted by Crippen LogP contribution is -2.23. The van der Waals surface area contributed by atoms with Gasteiger partial charge in [-0.05, 0) is 20.3 Å². The first-order valence-corrected chi connectivity index (χ1v) is 5.74. The molecule has 0 unspecified atom stereocenters. The lowest BCUT2D eigenvalue weighted by molar-refractivity contribution is 0.449. The highest BCUT2D eigenvalue weighted by molar-refractivity contribution is 7.11. The molecule has 1 aliphatic rings. The molecule has 14 heavy (non-hydrogen) atoms. The fourth-order valence-corrected chi connectivity index (χ4v) is 2.75. The summed E-state index contributed by atoms with van der Waals surface area (Å²) < 4.78 is 0. The van der Waals surface area contributed by atoms with Crippen LogP contribution in [0.3, 0.4) is 0 Å². The van der Waals surface area contributed by atoms with Gasteiger partial charge in [0.2, 0.25) is 0 Å². The second-order valence-electron chi connectivity index (χ2n) is 3.71. The number of nitrogens with one attached hydrogen (secondary N) is 1. The normalized spacial score (nSPS) is 16.7. The maximum Gasteiger partial charge on any atom is 0.0961 e. The highest BCUT2D eigenvalue weighted by Gasteiger charge is 2.18. The number of likely N-dealkylation sites (tertiary alicyclic amines) is 1. The van der Waals surface area contributed by atoms with Crippen LogP contribution in [0, 0.1) is 19.3 Å². The summed E-state index contributed by atoms with van der Waals surface area (Å²) in [6, 6.07) is 0. The number of rotatable bonds is 2. The summed E-state index contributed by atoms with van der Waals surface area (Å²) in [6.45, 7) is 6.01. The molecule has 4 heteroatoms. The molecule has 0 aromatic carbocycles. The maximum absolute atomic E-state index is 7.74. The van der Waals surface area contributed by atoms with Crippen LogP contribution in [0.1, 0.15) is 28.4 Å². The van der Waals surface area contributed by atoms with Gasteiger partial charge in [0, 0.05) is 17.8 Å². The minimum absolute atomic E-state index is 0.787. The van der Waals surface area contributed by atoms with E-state index in [0.29, 0.717) is 0 Å². The molecule has 1 aromatic heterocycles. The molecule has 1 aliphatic heterocycles. The van der Waals surface area contributed by atoms with Gasteiger partial charge in [-0.2, -0.15) is 0 Å². The number of amidine groups is 1. The van der Waals surface area contributed by atoms with Crippen LogP contribution in [-0.2, 0) is 6.54 Å². The Morgan fingerprint density at radius 1 is 1.50 bits per heavy atom. The van der Waals surface area contributed by atoms with Crippen LogP contribution in [0.15, 0.2) is 0 Å². The van der Waals surface area contributed by atoms with Crippen molar-refractivity contribution in [3.8, 4) is 0 Å². The molecular formula is C10H15N3S. The third kappa shape index (κ3) is 1.80. The van der Waals surface area contributed by atoms with Crippen molar-refractivity contribution in [3.63, 3.8) is 0 Å². The van der Waals surface area contributed by atoms with E-state index in [9.17, 15) is 0 Å². The Kier molecular flexibility index (Phi) is 2.54. The van der Waals surface area contributed by atoms with Gasteiger partial charge in [-0.15, -0.1) is 11.3 Å². The standard InChI is InChI=1S/C10H15N3S/c1-7-9(14-8(2)12-7)6-13-5-3-4-10(13)11/h11H,3-6H2,1-2H3. The van der Waals surface area contributed by atoms with Crippen molar-refractivity contribution < 1.29 is 0 Å². The fraction of sp³-hybridized carbons (Fsp3) is 0.600. The van der Waals surface area contributed by atoms with Crippen LogP contribution in [0.5, 0.6) is 0 Å². The van der Waals surface area contributed by atoms with E-state index in [1.165, 1.54) is 4.88 Å². The van der Waals surface area contributed by atoms with E-state index >= 15 is 0 Å². The van der Waals surface area contributed by atoms with Crippen molar-refractivity contribution in [2.75, 3.05) is 6.54 Å². The molecule has 0 saturated carbocycles. The van der Waals surface area contributed by atoms with Crippen LogP contribution >= 0.6 is 11.3 Å². The van der Waals surface area contributed by atoms with E-state index in [-0.39, 0.29) is 0 Å². The number of hydrogen-bond acceptors (Lipinski definition) is 3. The van der Waals surface area contributed by atoms with Gasteiger partial charge in [0.15, 0.2) is 0 Å². The number of hydrogen-bond donors (Lipinski definition) is 1. The molecule has 1 fully saturated rings. The molecular weight excluding hydrogens is 194 g/mol. The smallest absolute Gasteiger partial charge is 0.0961 e. The van der Waals surface area contributed by atoms with Crippen molar-refractivity contribution in [3.05, 3.63) is 15.6 Å². The van der Waals surface area contributed by atoms with E-state index < -0.39 is 0 Å². The van der Waals surface area contributed by atoms with Gasteiger partial charge in [0.25, 0.3) is 0 Å². The number of aryl methyl sites for hydroxylation is 2. The third-order valence-electron chi connectivity index (χ3n) is 2.56. The summed E-state index contributed by atoms with van der Waals surface area (Å²) in [5.74, 6) is 0.787. The fourth-order valence-electron chi connectivity index (χ4n) is 1.80. The highest BCUT2D eigenvalue weighted by Crippen LogP contribution is 2.21. The van der Waals surface area contributed by atoms with Gasteiger partial charge in [-0.3, -0.25) is 5.41 Å². The zero-order chi connectivity index (χ0) is 10.1. The predicted molar refractivity (Wildman–Crippen MR) is 59.0 cm³/mol. The zero-order valence-electron chi connectivity index (χ0n) is 8.63.